The quantitative estimate of drug-likeness (QED) is 0.309. The van der Waals surface area contributed by atoms with Crippen molar-refractivity contribution in [3.8, 4) is 22.7 Å². The number of ether oxygens (including phenoxy) is 1. The summed E-state index contributed by atoms with van der Waals surface area (Å²) in [5, 5.41) is 7.61. The van der Waals surface area contributed by atoms with Crippen LogP contribution in [0.25, 0.3) is 16.8 Å². The molecule has 1 aromatic heterocycles. The van der Waals surface area contributed by atoms with Gasteiger partial charge in [0, 0.05) is 18.2 Å². The molecule has 1 N–H and O–H groups in total. The van der Waals surface area contributed by atoms with Gasteiger partial charge in [0.05, 0.1) is 16.9 Å². The van der Waals surface area contributed by atoms with Crippen LogP contribution in [0.15, 0.2) is 72.8 Å². The molecule has 1 amide bonds. The first kappa shape index (κ1) is 24.9. The third-order valence-corrected chi connectivity index (χ3v) is 5.55. The van der Waals surface area contributed by atoms with Crippen LogP contribution in [0.1, 0.15) is 42.4 Å². The number of anilines is 1. The number of benzene rings is 3. The van der Waals surface area contributed by atoms with Crippen LogP contribution in [0, 0.1) is 18.7 Å². The summed E-state index contributed by atoms with van der Waals surface area (Å²) in [6, 6.07) is 20.5. The normalized spacial score (nSPS) is 10.9. The van der Waals surface area contributed by atoms with Crippen LogP contribution in [0.4, 0.5) is 10.1 Å². The minimum absolute atomic E-state index is 0.231. The minimum atomic E-state index is -0.473. The van der Waals surface area contributed by atoms with E-state index in [0.29, 0.717) is 23.9 Å². The average Bonchev–Trinajstić information content (AvgIpc) is 3.16. The second-order valence-electron chi connectivity index (χ2n) is 9.11. The monoisotopic (exact) mass is 485 g/mol. The van der Waals surface area contributed by atoms with Crippen LogP contribution in [0.2, 0.25) is 0 Å². The molecule has 0 radical (unpaired) electrons. The zero-order valence-electron chi connectivity index (χ0n) is 20.7. The topological polar surface area (TPSA) is 73.2 Å². The van der Waals surface area contributed by atoms with E-state index in [1.54, 1.807) is 22.9 Å². The average molecular weight is 486 g/mol. The number of carbonyl (C=O) groups excluding carboxylic acids is 2. The molecular weight excluding hydrogens is 457 g/mol. The van der Waals surface area contributed by atoms with E-state index in [9.17, 15) is 14.0 Å². The van der Waals surface area contributed by atoms with Crippen molar-refractivity contribution in [2.75, 3.05) is 5.32 Å². The Morgan fingerprint density at radius 3 is 2.33 bits per heavy atom. The molecular formula is C29H28FN3O3. The van der Waals surface area contributed by atoms with E-state index in [1.807, 2.05) is 43.3 Å². The maximum atomic E-state index is 13.5. The molecule has 4 rings (SSSR count). The number of halogens is 1. The number of nitrogens with one attached hydrogen (secondary N) is 1. The van der Waals surface area contributed by atoms with Crippen molar-refractivity contribution in [3.05, 3.63) is 95.4 Å². The standard InChI is InChI=1S/C29H28FN3O3/c1-18(2)16-26-27(29(36-20(4)34)33(32-26)25-14-8-19(3)9-15-25)21-10-12-24(13-11-21)31-28(35)22-6-5-7-23(30)17-22/h5-15,17-18H,16H2,1-4H3,(H,31,35). The number of aromatic nitrogens is 2. The van der Waals surface area contributed by atoms with E-state index in [4.69, 9.17) is 9.84 Å². The molecule has 1 heterocycles. The molecule has 0 bridgehead atoms. The first-order valence-electron chi connectivity index (χ1n) is 11.8. The number of amides is 1. The van der Waals surface area contributed by atoms with Crippen LogP contribution >= 0.6 is 0 Å². The van der Waals surface area contributed by atoms with E-state index >= 15 is 0 Å². The number of hydrogen-bond donors (Lipinski definition) is 1. The third-order valence-electron chi connectivity index (χ3n) is 5.55. The van der Waals surface area contributed by atoms with Crippen molar-refractivity contribution in [2.45, 2.75) is 34.1 Å². The summed E-state index contributed by atoms with van der Waals surface area (Å²) >= 11 is 0. The molecule has 0 fully saturated rings. The first-order valence-corrected chi connectivity index (χ1v) is 11.8. The van der Waals surface area contributed by atoms with Gasteiger partial charge >= 0.3 is 5.97 Å². The van der Waals surface area contributed by atoms with Crippen molar-refractivity contribution < 1.29 is 18.7 Å². The lowest BCUT2D eigenvalue weighted by Crippen LogP contribution is -2.12. The lowest BCUT2D eigenvalue weighted by atomic mass is 9.99. The molecule has 36 heavy (non-hydrogen) atoms. The van der Waals surface area contributed by atoms with Crippen LogP contribution in [0.3, 0.4) is 0 Å². The molecule has 0 aliphatic heterocycles. The SMILES string of the molecule is CC(=O)Oc1c(-c2ccc(NC(=O)c3cccc(F)c3)cc2)c(CC(C)C)nn1-c1ccc(C)cc1. The van der Waals surface area contributed by atoms with Gasteiger partial charge in [0.2, 0.25) is 5.88 Å². The van der Waals surface area contributed by atoms with Crippen LogP contribution < -0.4 is 10.1 Å². The Hall–Kier alpha value is -4.26. The number of nitrogens with zero attached hydrogens (tertiary/aromatic N) is 2. The van der Waals surface area contributed by atoms with Crippen molar-refractivity contribution >= 4 is 17.6 Å². The molecule has 0 saturated carbocycles. The zero-order valence-corrected chi connectivity index (χ0v) is 20.7. The van der Waals surface area contributed by atoms with Gasteiger partial charge < -0.3 is 10.1 Å². The van der Waals surface area contributed by atoms with Gasteiger partial charge in [-0.25, -0.2) is 4.39 Å². The highest BCUT2D eigenvalue weighted by Gasteiger charge is 2.24. The van der Waals surface area contributed by atoms with E-state index in [0.717, 1.165) is 28.1 Å². The van der Waals surface area contributed by atoms with Crippen molar-refractivity contribution in [2.24, 2.45) is 5.92 Å². The predicted molar refractivity (Wildman–Crippen MR) is 138 cm³/mol. The maximum absolute atomic E-state index is 13.5. The van der Waals surface area contributed by atoms with Crippen molar-refractivity contribution in [1.82, 2.24) is 9.78 Å². The fourth-order valence-corrected chi connectivity index (χ4v) is 3.91. The van der Waals surface area contributed by atoms with Gasteiger partial charge in [0.15, 0.2) is 0 Å². The number of esters is 1. The summed E-state index contributed by atoms with van der Waals surface area (Å²) in [6.45, 7) is 7.57. The van der Waals surface area contributed by atoms with E-state index < -0.39 is 17.7 Å². The van der Waals surface area contributed by atoms with Crippen molar-refractivity contribution in [3.63, 3.8) is 0 Å². The Balaban J connectivity index is 1.73. The highest BCUT2D eigenvalue weighted by atomic mass is 19.1. The fourth-order valence-electron chi connectivity index (χ4n) is 3.91. The minimum Gasteiger partial charge on any atom is -0.407 e. The summed E-state index contributed by atoms with van der Waals surface area (Å²) in [7, 11) is 0. The van der Waals surface area contributed by atoms with E-state index in [2.05, 4.69) is 19.2 Å². The van der Waals surface area contributed by atoms with Gasteiger partial charge in [-0.05, 0) is 67.3 Å². The predicted octanol–water partition coefficient (Wildman–Crippen LogP) is 6.36. The lowest BCUT2D eigenvalue weighted by molar-refractivity contribution is -0.132. The van der Waals surface area contributed by atoms with Crippen LogP contribution in [0.5, 0.6) is 5.88 Å². The maximum Gasteiger partial charge on any atom is 0.309 e. The second kappa shape index (κ2) is 10.6. The Morgan fingerprint density at radius 2 is 1.72 bits per heavy atom. The molecule has 184 valence electrons. The van der Waals surface area contributed by atoms with Gasteiger partial charge in [-0.2, -0.15) is 9.78 Å². The molecule has 3 aromatic carbocycles. The molecule has 0 saturated heterocycles. The van der Waals surface area contributed by atoms with E-state index in [-0.39, 0.29) is 5.56 Å². The number of hydrogen-bond acceptors (Lipinski definition) is 4. The Kier molecular flexibility index (Phi) is 7.29. The van der Waals surface area contributed by atoms with Gasteiger partial charge in [-0.1, -0.05) is 49.7 Å². The lowest BCUT2D eigenvalue weighted by Gasteiger charge is -2.11. The Morgan fingerprint density at radius 1 is 1.03 bits per heavy atom. The fraction of sp³-hybridized carbons (Fsp3) is 0.207. The van der Waals surface area contributed by atoms with Gasteiger partial charge in [0.25, 0.3) is 5.91 Å². The molecule has 0 unspecified atom stereocenters. The number of carbonyl (C=O) groups is 2. The van der Waals surface area contributed by atoms with Crippen molar-refractivity contribution in [1.29, 1.82) is 0 Å². The second-order valence-corrected chi connectivity index (χ2v) is 9.11. The Labute approximate surface area is 209 Å². The van der Waals surface area contributed by atoms with Crippen LogP contribution in [-0.4, -0.2) is 21.7 Å². The molecule has 6 nitrogen and oxygen atoms in total. The highest BCUT2D eigenvalue weighted by molar-refractivity contribution is 6.04. The third kappa shape index (κ3) is 5.68. The van der Waals surface area contributed by atoms with Gasteiger partial charge in [-0.15, -0.1) is 0 Å². The molecule has 4 aromatic rings. The zero-order chi connectivity index (χ0) is 25.8. The summed E-state index contributed by atoms with van der Waals surface area (Å²) in [6.07, 6.45) is 0.681. The Bertz CT molecular complexity index is 1390. The van der Waals surface area contributed by atoms with E-state index in [1.165, 1.54) is 25.1 Å². The molecule has 7 heteroatoms. The smallest absolute Gasteiger partial charge is 0.309 e. The molecule has 0 atom stereocenters. The highest BCUT2D eigenvalue weighted by Crippen LogP contribution is 2.37. The summed E-state index contributed by atoms with van der Waals surface area (Å²) in [5.41, 5.74) is 5.00. The number of rotatable bonds is 7. The molecule has 0 aliphatic carbocycles. The van der Waals surface area contributed by atoms with Crippen LogP contribution in [-0.2, 0) is 11.2 Å². The molecule has 0 aliphatic rings. The summed E-state index contributed by atoms with van der Waals surface area (Å²) in [4.78, 5) is 24.6. The summed E-state index contributed by atoms with van der Waals surface area (Å²) in [5.74, 6) is -0.659. The van der Waals surface area contributed by atoms with Gasteiger partial charge in [0.1, 0.15) is 5.82 Å². The summed E-state index contributed by atoms with van der Waals surface area (Å²) < 4.78 is 20.8. The molecule has 0 spiro atoms. The first-order chi connectivity index (χ1) is 17.2. The van der Waals surface area contributed by atoms with Gasteiger partial charge in [-0.3, -0.25) is 9.59 Å². The largest absolute Gasteiger partial charge is 0.407 e. The number of aryl methyl sites for hydroxylation is 1.